The lowest BCUT2D eigenvalue weighted by atomic mass is 10.1. The van der Waals surface area contributed by atoms with Crippen molar-refractivity contribution in [3.05, 3.63) is 59.7 Å². The van der Waals surface area contributed by atoms with Gasteiger partial charge in [-0.25, -0.2) is 4.79 Å². The maximum atomic E-state index is 12.0. The molecule has 0 spiro atoms. The molecule has 6 nitrogen and oxygen atoms in total. The first-order chi connectivity index (χ1) is 15.8. The van der Waals surface area contributed by atoms with Crippen molar-refractivity contribution < 1.29 is 37.0 Å². The normalized spacial score (nSPS) is 11.2. The minimum Gasteiger partial charge on any atom is -0.497 e. The van der Waals surface area contributed by atoms with Gasteiger partial charge in [-0.2, -0.15) is 13.2 Å². The lowest BCUT2D eigenvalue weighted by molar-refractivity contribution is -0.201. The van der Waals surface area contributed by atoms with Crippen molar-refractivity contribution in [3.63, 3.8) is 0 Å². The fraction of sp³-hybridized carbons (Fsp3) is 0.417. The SMILES string of the molecule is COc1ccc(CCCOc2ccc(CCCNCCC(=O)OC(=O)C(F)(F)F)cc2)cc1. The van der Waals surface area contributed by atoms with Crippen LogP contribution in [0.15, 0.2) is 48.5 Å². The van der Waals surface area contributed by atoms with Crippen molar-refractivity contribution in [2.75, 3.05) is 26.8 Å². The predicted octanol–water partition coefficient (Wildman–Crippen LogP) is 4.25. The van der Waals surface area contributed by atoms with E-state index in [2.05, 4.69) is 10.1 Å². The van der Waals surface area contributed by atoms with Gasteiger partial charge in [0.25, 0.3) is 0 Å². The maximum Gasteiger partial charge on any atom is 0.491 e. The number of methoxy groups -OCH3 is 1. The zero-order valence-corrected chi connectivity index (χ0v) is 18.5. The van der Waals surface area contributed by atoms with Crippen LogP contribution in [-0.4, -0.2) is 44.9 Å². The lowest BCUT2D eigenvalue weighted by Crippen LogP contribution is -2.29. The minimum atomic E-state index is -5.17. The van der Waals surface area contributed by atoms with Crippen LogP contribution in [0.4, 0.5) is 13.2 Å². The monoisotopic (exact) mass is 467 g/mol. The highest BCUT2D eigenvalue weighted by atomic mass is 19.4. The van der Waals surface area contributed by atoms with E-state index in [9.17, 15) is 22.8 Å². The highest BCUT2D eigenvalue weighted by Gasteiger charge is 2.42. The van der Waals surface area contributed by atoms with Gasteiger partial charge in [0.05, 0.1) is 20.1 Å². The number of alkyl halides is 3. The molecule has 0 unspecified atom stereocenters. The second kappa shape index (κ2) is 13.5. The number of rotatable bonds is 13. The number of nitrogens with one attached hydrogen (secondary N) is 1. The molecule has 0 radical (unpaired) electrons. The lowest BCUT2D eigenvalue weighted by Gasteiger charge is -2.08. The molecule has 0 heterocycles. The number of halogens is 3. The Morgan fingerprint density at radius 1 is 0.848 bits per heavy atom. The second-order valence-electron chi connectivity index (χ2n) is 7.31. The van der Waals surface area contributed by atoms with E-state index in [4.69, 9.17) is 9.47 Å². The van der Waals surface area contributed by atoms with Gasteiger partial charge in [-0.05, 0) is 67.6 Å². The number of hydrogen-bond acceptors (Lipinski definition) is 6. The van der Waals surface area contributed by atoms with Crippen molar-refractivity contribution in [1.29, 1.82) is 0 Å². The first-order valence-electron chi connectivity index (χ1n) is 10.6. The van der Waals surface area contributed by atoms with E-state index < -0.39 is 18.1 Å². The molecule has 9 heteroatoms. The summed E-state index contributed by atoms with van der Waals surface area (Å²) in [5, 5.41) is 2.94. The van der Waals surface area contributed by atoms with Crippen LogP contribution in [-0.2, 0) is 27.2 Å². The quantitative estimate of drug-likeness (QED) is 0.270. The Bertz CT molecular complexity index is 867. The highest BCUT2D eigenvalue weighted by molar-refractivity contribution is 5.88. The maximum absolute atomic E-state index is 12.0. The van der Waals surface area contributed by atoms with Crippen LogP contribution in [0.2, 0.25) is 0 Å². The van der Waals surface area contributed by atoms with Crippen molar-refractivity contribution in [2.24, 2.45) is 0 Å². The van der Waals surface area contributed by atoms with Crippen LogP contribution < -0.4 is 14.8 Å². The Morgan fingerprint density at radius 2 is 1.42 bits per heavy atom. The van der Waals surface area contributed by atoms with Gasteiger partial charge in [-0.15, -0.1) is 0 Å². The zero-order valence-electron chi connectivity index (χ0n) is 18.5. The molecule has 2 rings (SSSR count). The van der Waals surface area contributed by atoms with Gasteiger partial charge in [0.15, 0.2) is 0 Å². The molecule has 0 amide bonds. The van der Waals surface area contributed by atoms with E-state index in [-0.39, 0.29) is 13.0 Å². The molecular formula is C24H28F3NO5. The molecule has 0 fully saturated rings. The fourth-order valence-corrected chi connectivity index (χ4v) is 2.96. The molecule has 0 aliphatic heterocycles. The van der Waals surface area contributed by atoms with Gasteiger partial charge >= 0.3 is 18.1 Å². The average molecular weight is 467 g/mol. The Hall–Kier alpha value is -3.07. The third kappa shape index (κ3) is 10.4. The van der Waals surface area contributed by atoms with Crippen LogP contribution in [0.1, 0.15) is 30.4 Å². The molecule has 0 aliphatic carbocycles. The summed E-state index contributed by atoms with van der Waals surface area (Å²) in [5.74, 6) is -2.05. The Balaban J connectivity index is 1.54. The van der Waals surface area contributed by atoms with Crippen LogP contribution >= 0.6 is 0 Å². The molecule has 0 saturated heterocycles. The summed E-state index contributed by atoms with van der Waals surface area (Å²) < 4.78 is 50.6. The van der Waals surface area contributed by atoms with Crippen molar-refractivity contribution >= 4 is 11.9 Å². The molecule has 33 heavy (non-hydrogen) atoms. The van der Waals surface area contributed by atoms with Gasteiger partial charge in [0.1, 0.15) is 11.5 Å². The standard InChI is InChI=1S/C24H28F3NO5/c1-31-20-10-6-19(7-11-20)5-3-17-32-21-12-8-18(9-13-21)4-2-15-28-16-14-22(29)33-23(30)24(25,26)27/h6-13,28H,2-5,14-17H2,1H3. The molecule has 0 aromatic heterocycles. The number of hydrogen-bond donors (Lipinski definition) is 1. The van der Waals surface area contributed by atoms with E-state index >= 15 is 0 Å². The van der Waals surface area contributed by atoms with Gasteiger partial charge in [0.2, 0.25) is 0 Å². The summed E-state index contributed by atoms with van der Waals surface area (Å²) in [4.78, 5) is 21.7. The summed E-state index contributed by atoms with van der Waals surface area (Å²) in [6, 6.07) is 15.8. The highest BCUT2D eigenvalue weighted by Crippen LogP contribution is 2.17. The molecule has 0 bridgehead atoms. The summed E-state index contributed by atoms with van der Waals surface area (Å²) in [6.45, 7) is 1.32. The Labute approximate surface area is 191 Å². The fourth-order valence-electron chi connectivity index (χ4n) is 2.96. The van der Waals surface area contributed by atoms with Crippen molar-refractivity contribution in [1.82, 2.24) is 5.32 Å². The first kappa shape index (κ1) is 26.2. The smallest absolute Gasteiger partial charge is 0.491 e. The largest absolute Gasteiger partial charge is 0.497 e. The molecule has 0 saturated carbocycles. The van der Waals surface area contributed by atoms with Crippen molar-refractivity contribution in [3.8, 4) is 11.5 Å². The number of carbonyl (C=O) groups excluding carboxylic acids is 2. The van der Waals surface area contributed by atoms with Gasteiger partial charge < -0.3 is 19.5 Å². The van der Waals surface area contributed by atoms with Crippen LogP contribution in [0.5, 0.6) is 11.5 Å². The third-order valence-corrected chi connectivity index (χ3v) is 4.72. The molecule has 1 N–H and O–H groups in total. The number of ether oxygens (including phenoxy) is 3. The van der Waals surface area contributed by atoms with E-state index in [0.717, 1.165) is 42.7 Å². The number of aryl methyl sites for hydroxylation is 2. The summed E-state index contributed by atoms with van der Waals surface area (Å²) in [5.41, 5.74) is 2.35. The van der Waals surface area contributed by atoms with E-state index in [1.165, 1.54) is 5.56 Å². The van der Waals surface area contributed by atoms with Gasteiger partial charge in [0, 0.05) is 6.54 Å². The van der Waals surface area contributed by atoms with E-state index in [1.54, 1.807) is 7.11 Å². The Morgan fingerprint density at radius 3 is 2.00 bits per heavy atom. The summed E-state index contributed by atoms with van der Waals surface area (Å²) in [7, 11) is 1.64. The van der Waals surface area contributed by atoms with Crippen molar-refractivity contribution in [2.45, 2.75) is 38.3 Å². The van der Waals surface area contributed by atoms with Crippen LogP contribution in [0.25, 0.3) is 0 Å². The molecule has 0 aliphatic rings. The Kier molecular flexibility index (Phi) is 10.7. The van der Waals surface area contributed by atoms with E-state index in [0.29, 0.717) is 13.2 Å². The number of benzene rings is 2. The molecule has 0 atom stereocenters. The predicted molar refractivity (Wildman–Crippen MR) is 116 cm³/mol. The van der Waals surface area contributed by atoms with Gasteiger partial charge in [-0.1, -0.05) is 24.3 Å². The minimum absolute atomic E-state index is 0.132. The average Bonchev–Trinajstić information content (AvgIpc) is 2.79. The summed E-state index contributed by atoms with van der Waals surface area (Å²) >= 11 is 0. The van der Waals surface area contributed by atoms with E-state index in [1.807, 2.05) is 48.5 Å². The van der Waals surface area contributed by atoms with Gasteiger partial charge in [-0.3, -0.25) is 4.79 Å². The number of esters is 2. The second-order valence-corrected chi connectivity index (χ2v) is 7.31. The third-order valence-electron chi connectivity index (χ3n) is 4.72. The van der Waals surface area contributed by atoms with Crippen LogP contribution in [0, 0.1) is 0 Å². The summed E-state index contributed by atoms with van der Waals surface area (Å²) in [6.07, 6.45) is -2.09. The number of carbonyl (C=O) groups is 2. The molecule has 2 aromatic rings. The molecule has 2 aromatic carbocycles. The van der Waals surface area contributed by atoms with Crippen LogP contribution in [0.3, 0.4) is 0 Å². The zero-order chi connectivity index (χ0) is 24.1. The molecule has 180 valence electrons. The topological polar surface area (TPSA) is 73.9 Å². The molecular weight excluding hydrogens is 439 g/mol. The first-order valence-corrected chi connectivity index (χ1v) is 10.6.